The Morgan fingerprint density at radius 2 is 1.19 bits per heavy atom. The zero-order valence-electron chi connectivity index (χ0n) is 13.1. The van der Waals surface area contributed by atoms with Crippen molar-refractivity contribution in [2.24, 2.45) is 0 Å². The van der Waals surface area contributed by atoms with Crippen LogP contribution < -0.4 is 4.74 Å². The van der Waals surface area contributed by atoms with Crippen molar-refractivity contribution in [2.45, 2.75) is 0 Å². The van der Waals surface area contributed by atoms with Crippen LogP contribution in [0.15, 0.2) is 54.6 Å². The van der Waals surface area contributed by atoms with Crippen LogP contribution >= 0.6 is 34.8 Å². The third-order valence-electron chi connectivity index (χ3n) is 3.69. The van der Waals surface area contributed by atoms with Gasteiger partial charge < -0.3 is 4.74 Å². The predicted molar refractivity (Wildman–Crippen MR) is 103 cm³/mol. The van der Waals surface area contributed by atoms with Gasteiger partial charge >= 0.3 is 0 Å². The zero-order valence-corrected chi connectivity index (χ0v) is 15.4. The van der Waals surface area contributed by atoms with Crippen molar-refractivity contribution in [1.82, 2.24) is 0 Å². The van der Waals surface area contributed by atoms with Crippen molar-refractivity contribution in [1.29, 1.82) is 10.5 Å². The van der Waals surface area contributed by atoms with Gasteiger partial charge in [0.25, 0.3) is 0 Å². The van der Waals surface area contributed by atoms with Gasteiger partial charge in [-0.2, -0.15) is 10.5 Å². The minimum Gasteiger partial charge on any atom is -0.454 e. The Morgan fingerprint density at radius 3 is 1.77 bits per heavy atom. The first-order chi connectivity index (χ1) is 12.6. The fourth-order valence-electron chi connectivity index (χ4n) is 2.40. The number of hydrogen-bond donors (Lipinski definition) is 0. The summed E-state index contributed by atoms with van der Waals surface area (Å²) < 4.78 is 5.74. The number of nitriles is 2. The summed E-state index contributed by atoms with van der Waals surface area (Å²) in [4.78, 5) is 0. The molecule has 0 aliphatic rings. The van der Waals surface area contributed by atoms with Gasteiger partial charge in [-0.1, -0.05) is 77.3 Å². The number of halogens is 3. The minimum absolute atomic E-state index is 0.0145. The van der Waals surface area contributed by atoms with E-state index >= 15 is 0 Å². The third kappa shape index (κ3) is 3.34. The molecule has 0 atom stereocenters. The first-order valence-electron chi connectivity index (χ1n) is 7.40. The molecule has 0 amide bonds. The molecule has 0 N–H and O–H groups in total. The molecule has 0 aliphatic heterocycles. The Bertz CT molecular complexity index is 1050. The summed E-state index contributed by atoms with van der Waals surface area (Å²) in [5.41, 5.74) is 1.95. The third-order valence-corrected chi connectivity index (χ3v) is 4.88. The van der Waals surface area contributed by atoms with Crippen LogP contribution in [-0.4, -0.2) is 0 Å². The second kappa shape index (κ2) is 7.68. The highest BCUT2D eigenvalue weighted by molar-refractivity contribution is 6.46. The second-order valence-corrected chi connectivity index (χ2v) is 6.37. The molecule has 0 heterocycles. The van der Waals surface area contributed by atoms with E-state index in [1.165, 1.54) is 0 Å². The Balaban J connectivity index is 1.99. The lowest BCUT2D eigenvalue weighted by Crippen LogP contribution is -1.95. The van der Waals surface area contributed by atoms with Crippen LogP contribution in [0.2, 0.25) is 15.1 Å². The Morgan fingerprint density at radius 1 is 0.654 bits per heavy atom. The molecule has 126 valence electrons. The average Bonchev–Trinajstić information content (AvgIpc) is 2.69. The molecule has 3 aromatic rings. The molecule has 0 fully saturated rings. The number of nitrogens with zero attached hydrogens (tertiary/aromatic N) is 2. The summed E-state index contributed by atoms with van der Waals surface area (Å²) in [7, 11) is 0. The van der Waals surface area contributed by atoms with Gasteiger partial charge in [-0.15, -0.1) is 0 Å². The van der Waals surface area contributed by atoms with Crippen LogP contribution in [0.1, 0.15) is 11.1 Å². The molecule has 6 heteroatoms. The highest BCUT2D eigenvalue weighted by atomic mass is 35.5. The fourth-order valence-corrected chi connectivity index (χ4v) is 3.17. The molecule has 0 radical (unpaired) electrons. The van der Waals surface area contributed by atoms with Crippen molar-refractivity contribution in [2.75, 3.05) is 0 Å². The predicted octanol–water partition coefficient (Wildman–Crippen LogP) is 6.85. The molecule has 3 nitrogen and oxygen atoms in total. The van der Waals surface area contributed by atoms with Crippen LogP contribution in [0.3, 0.4) is 0 Å². The van der Waals surface area contributed by atoms with E-state index < -0.39 is 0 Å². The lowest BCUT2D eigenvalue weighted by Gasteiger charge is -2.13. The van der Waals surface area contributed by atoms with Crippen molar-refractivity contribution < 1.29 is 4.74 Å². The maximum atomic E-state index is 9.26. The van der Waals surface area contributed by atoms with Gasteiger partial charge in [0.05, 0.1) is 16.1 Å². The molecule has 3 rings (SSSR count). The molecule has 0 spiro atoms. The van der Waals surface area contributed by atoms with Gasteiger partial charge in [-0.05, 0) is 23.3 Å². The van der Waals surface area contributed by atoms with E-state index in [1.807, 2.05) is 54.6 Å². The standard InChI is InChI=1S/C20H9Cl3N2O/c21-17-15(10-24)16(11-25)18(22)20(19(17)23)26-14-8-6-13(7-9-14)12-4-2-1-3-5-12/h1-9H. The Kier molecular flexibility index (Phi) is 5.35. The van der Waals surface area contributed by atoms with Gasteiger partial charge in [-0.25, -0.2) is 0 Å². The van der Waals surface area contributed by atoms with E-state index in [2.05, 4.69) is 0 Å². The Labute approximate surface area is 165 Å². The molecule has 0 saturated carbocycles. The monoisotopic (exact) mass is 398 g/mol. The van der Waals surface area contributed by atoms with Gasteiger partial charge in [0, 0.05) is 0 Å². The number of benzene rings is 3. The number of rotatable bonds is 3. The molecular formula is C20H9Cl3N2O. The summed E-state index contributed by atoms with van der Waals surface area (Å²) >= 11 is 18.5. The average molecular weight is 400 g/mol. The molecule has 0 saturated heterocycles. The summed E-state index contributed by atoms with van der Waals surface area (Å²) in [6, 6.07) is 20.9. The van der Waals surface area contributed by atoms with Crippen LogP contribution in [0.4, 0.5) is 0 Å². The van der Waals surface area contributed by atoms with E-state index in [1.54, 1.807) is 12.1 Å². The smallest absolute Gasteiger partial charge is 0.167 e. The quantitative estimate of drug-likeness (QED) is 0.452. The summed E-state index contributed by atoms with van der Waals surface area (Å²) in [5, 5.41) is 18.3. The molecule has 26 heavy (non-hydrogen) atoms. The van der Waals surface area contributed by atoms with Gasteiger partial charge in [0.2, 0.25) is 0 Å². The van der Waals surface area contributed by atoms with Gasteiger partial charge in [0.15, 0.2) is 5.75 Å². The van der Waals surface area contributed by atoms with Crippen LogP contribution in [0.25, 0.3) is 11.1 Å². The first-order valence-corrected chi connectivity index (χ1v) is 8.54. The molecule has 0 bridgehead atoms. The highest BCUT2D eigenvalue weighted by Crippen LogP contribution is 2.45. The SMILES string of the molecule is N#Cc1c(Cl)c(Cl)c(Oc2ccc(-c3ccccc3)cc2)c(Cl)c1C#N. The van der Waals surface area contributed by atoms with Gasteiger partial charge in [-0.3, -0.25) is 0 Å². The van der Waals surface area contributed by atoms with E-state index in [9.17, 15) is 5.26 Å². The van der Waals surface area contributed by atoms with Crippen molar-refractivity contribution in [3.05, 3.63) is 80.8 Å². The Hall–Kier alpha value is -2.69. The molecule has 0 unspecified atom stereocenters. The lowest BCUT2D eigenvalue weighted by molar-refractivity contribution is 0.483. The maximum Gasteiger partial charge on any atom is 0.167 e. The normalized spacial score (nSPS) is 10.0. The van der Waals surface area contributed by atoms with Crippen molar-refractivity contribution in [3.8, 4) is 34.8 Å². The van der Waals surface area contributed by atoms with E-state index in [-0.39, 0.29) is 31.9 Å². The molecule has 0 aliphatic carbocycles. The summed E-state index contributed by atoms with van der Waals surface area (Å²) in [6.45, 7) is 0. The van der Waals surface area contributed by atoms with E-state index in [4.69, 9.17) is 44.8 Å². The first kappa shape index (κ1) is 18.1. The van der Waals surface area contributed by atoms with Crippen LogP contribution in [-0.2, 0) is 0 Å². The van der Waals surface area contributed by atoms with Crippen LogP contribution in [0.5, 0.6) is 11.5 Å². The van der Waals surface area contributed by atoms with E-state index in [0.29, 0.717) is 5.75 Å². The summed E-state index contributed by atoms with van der Waals surface area (Å²) in [5.74, 6) is 0.513. The minimum atomic E-state index is -0.0732. The fraction of sp³-hybridized carbons (Fsp3) is 0. The molecular weight excluding hydrogens is 391 g/mol. The highest BCUT2D eigenvalue weighted by Gasteiger charge is 2.23. The van der Waals surface area contributed by atoms with E-state index in [0.717, 1.165) is 11.1 Å². The van der Waals surface area contributed by atoms with Crippen molar-refractivity contribution >= 4 is 34.8 Å². The maximum absolute atomic E-state index is 9.26. The van der Waals surface area contributed by atoms with Crippen molar-refractivity contribution in [3.63, 3.8) is 0 Å². The zero-order chi connectivity index (χ0) is 18.7. The number of hydrogen-bond acceptors (Lipinski definition) is 3. The molecule has 3 aromatic carbocycles. The topological polar surface area (TPSA) is 56.8 Å². The summed E-state index contributed by atoms with van der Waals surface area (Å²) in [6.07, 6.45) is 0. The largest absolute Gasteiger partial charge is 0.454 e. The second-order valence-electron chi connectivity index (χ2n) is 5.24. The van der Waals surface area contributed by atoms with Crippen LogP contribution in [0, 0.1) is 22.7 Å². The number of ether oxygens (including phenoxy) is 1. The van der Waals surface area contributed by atoms with Gasteiger partial charge in [0.1, 0.15) is 27.9 Å². The molecule has 0 aromatic heterocycles. The lowest BCUT2D eigenvalue weighted by atomic mass is 10.1.